The molecular weight excluding hydrogens is 694 g/mol. The first-order chi connectivity index (χ1) is 23.5. The second-order valence-corrected chi connectivity index (χ2v) is 14.6. The highest BCUT2D eigenvalue weighted by Gasteiger charge is 2.35. The van der Waals surface area contributed by atoms with Crippen LogP contribution in [0.15, 0.2) is 88.7 Å². The van der Waals surface area contributed by atoms with Gasteiger partial charge in [-0.3, -0.25) is 14.3 Å². The number of anilines is 1. The molecule has 0 bridgehead atoms. The number of amides is 1. The predicted molar refractivity (Wildman–Crippen MR) is 180 cm³/mol. The van der Waals surface area contributed by atoms with Gasteiger partial charge in [0.25, 0.3) is 11.9 Å². The van der Waals surface area contributed by atoms with Crippen molar-refractivity contribution < 1.29 is 26.4 Å². The molecule has 1 amide bonds. The van der Waals surface area contributed by atoms with Crippen LogP contribution in [0.4, 0.5) is 5.69 Å². The van der Waals surface area contributed by atoms with Crippen molar-refractivity contribution in [3.8, 4) is 28.5 Å². The number of benzene rings is 4. The first-order valence-corrected chi connectivity index (χ1v) is 18.1. The van der Waals surface area contributed by atoms with E-state index in [1.165, 1.54) is 0 Å². The van der Waals surface area contributed by atoms with Gasteiger partial charge in [-0.25, -0.2) is 22.0 Å². The summed E-state index contributed by atoms with van der Waals surface area (Å²) in [4.78, 5) is 19.1. The fourth-order valence-electron chi connectivity index (χ4n) is 5.71. The predicted octanol–water partition coefficient (Wildman–Crippen LogP) is 3.53. The molecule has 1 aliphatic rings. The molecule has 0 saturated heterocycles. The fourth-order valence-corrected chi connectivity index (χ4v) is 8.05. The molecule has 6 aromatic rings. The summed E-state index contributed by atoms with van der Waals surface area (Å²) in [5, 5.41) is 19.3. The number of aromatic nitrogens is 6. The molecule has 4 N–H and O–H groups in total. The van der Waals surface area contributed by atoms with Crippen LogP contribution in [0.1, 0.15) is 22.8 Å². The highest BCUT2D eigenvalue weighted by Crippen LogP contribution is 2.37. The number of nitrogens with zero attached hydrogens (tertiary/aromatic N) is 6. The number of fused-ring (bicyclic) bond motifs is 2. The van der Waals surface area contributed by atoms with Gasteiger partial charge >= 0.3 is 0 Å². The lowest BCUT2D eigenvalue weighted by Crippen LogP contribution is -2.46. The zero-order valence-electron chi connectivity index (χ0n) is 25.5. The second-order valence-electron chi connectivity index (χ2n) is 10.9. The van der Waals surface area contributed by atoms with Crippen molar-refractivity contribution in [2.75, 3.05) is 18.2 Å². The number of nitrogens with two attached hydrogens (primary N) is 1. The molecule has 4 aromatic carbocycles. The number of hydrogen-bond acceptors (Lipinski definition) is 10. The molecule has 0 atom stereocenters. The van der Waals surface area contributed by atoms with Gasteiger partial charge in [-0.15, -0.1) is 10.2 Å². The lowest BCUT2D eigenvalue weighted by atomic mass is 9.98. The van der Waals surface area contributed by atoms with Crippen LogP contribution < -0.4 is 19.5 Å². The number of tetrazole rings is 1. The van der Waals surface area contributed by atoms with E-state index in [4.69, 9.17) is 21.5 Å². The van der Waals surface area contributed by atoms with Gasteiger partial charge in [0.15, 0.2) is 0 Å². The molecule has 7 rings (SSSR count). The Balaban J connectivity index is 1.29. The Morgan fingerprint density at radius 2 is 1.80 bits per heavy atom. The zero-order valence-corrected chi connectivity index (χ0v) is 27.9. The first kappa shape index (κ1) is 32.4. The number of halogens is 1. The second kappa shape index (κ2) is 12.4. The van der Waals surface area contributed by atoms with Gasteiger partial charge in [-0.2, -0.15) is 14.9 Å². The largest absolute Gasteiger partial charge is 0.465 e. The van der Waals surface area contributed by atoms with Crippen LogP contribution >= 0.6 is 11.6 Å². The van der Waals surface area contributed by atoms with E-state index in [0.29, 0.717) is 23.5 Å². The van der Waals surface area contributed by atoms with E-state index in [9.17, 15) is 21.6 Å². The number of ether oxygens (including phenoxy) is 1. The molecule has 0 spiro atoms. The van der Waals surface area contributed by atoms with Crippen LogP contribution in [0.2, 0.25) is 5.02 Å². The third kappa shape index (κ3) is 5.91. The summed E-state index contributed by atoms with van der Waals surface area (Å²) in [6.45, 7) is 1.97. The molecule has 0 radical (unpaired) electrons. The topological polar surface area (TPSA) is 208 Å². The molecule has 0 unspecified atom stereocenters. The molecule has 49 heavy (non-hydrogen) atoms. The van der Waals surface area contributed by atoms with Gasteiger partial charge in [0.1, 0.15) is 9.79 Å². The van der Waals surface area contributed by atoms with Crippen molar-refractivity contribution in [3.05, 3.63) is 95.0 Å². The Kier molecular flexibility index (Phi) is 8.16. The number of imidazole rings is 1. The van der Waals surface area contributed by atoms with Crippen LogP contribution in [0.25, 0.3) is 33.5 Å². The Morgan fingerprint density at radius 3 is 2.49 bits per heavy atom. The first-order valence-electron chi connectivity index (χ1n) is 14.7. The number of sulfonamides is 2. The van der Waals surface area contributed by atoms with E-state index in [1.54, 1.807) is 22.8 Å². The lowest BCUT2D eigenvalue weighted by Gasteiger charge is -2.30. The van der Waals surface area contributed by atoms with Crippen LogP contribution in [0, 0.1) is 0 Å². The Bertz CT molecular complexity index is 2470. The normalized spacial score (nSPS) is 14.1. The Labute approximate surface area is 284 Å². The summed E-state index contributed by atoms with van der Waals surface area (Å²) in [5.74, 6) is -0.120. The van der Waals surface area contributed by atoms with Gasteiger partial charge in [0.05, 0.1) is 47.1 Å². The lowest BCUT2D eigenvalue weighted by molar-refractivity contribution is 0.0986. The molecule has 0 aliphatic carbocycles. The molecule has 1 aliphatic heterocycles. The van der Waals surface area contributed by atoms with Gasteiger partial charge in [0.2, 0.25) is 25.9 Å². The summed E-state index contributed by atoms with van der Waals surface area (Å²) in [7, 11) is -8.56. The molecule has 15 nitrogen and oxygen atoms in total. The van der Waals surface area contributed by atoms with E-state index in [-0.39, 0.29) is 28.8 Å². The van der Waals surface area contributed by atoms with E-state index in [0.717, 1.165) is 39.3 Å². The third-order valence-electron chi connectivity index (χ3n) is 7.91. The maximum atomic E-state index is 14.3. The summed E-state index contributed by atoms with van der Waals surface area (Å²) in [6, 6.07) is 22.8. The number of aromatic amines is 1. The number of para-hydroxylation sites is 1. The van der Waals surface area contributed by atoms with E-state index < -0.39 is 42.4 Å². The van der Waals surface area contributed by atoms with Crippen molar-refractivity contribution in [1.29, 1.82) is 0 Å². The highest BCUT2D eigenvalue weighted by atomic mass is 35.5. The fraction of sp³-hybridized carbons (Fsp3) is 0.129. The number of primary sulfonamides is 1. The summed E-state index contributed by atoms with van der Waals surface area (Å²) >= 11 is 6.23. The quantitative estimate of drug-likeness (QED) is 0.208. The third-order valence-corrected chi connectivity index (χ3v) is 10.7. The number of carbonyl (C=O) groups is 1. The van der Waals surface area contributed by atoms with Gasteiger partial charge in [-0.1, -0.05) is 66.2 Å². The Morgan fingerprint density at radius 1 is 1.04 bits per heavy atom. The SMILES string of the molecule is CCOc1nc2cccc(C(=O)N3CNS(=O)(=O)c4cc(S(N)(=O)=O)c(Cl)cc43)c2n1Cc1ccc(-c2ccccc2-c2nn[nH]n2)cc1. The van der Waals surface area contributed by atoms with Gasteiger partial charge in [0, 0.05) is 5.56 Å². The smallest absolute Gasteiger partial charge is 0.297 e. The number of rotatable bonds is 8. The molecule has 0 saturated carbocycles. The maximum Gasteiger partial charge on any atom is 0.297 e. The van der Waals surface area contributed by atoms with Crippen LogP contribution in [-0.2, 0) is 26.6 Å². The van der Waals surface area contributed by atoms with E-state index in [1.807, 2.05) is 55.5 Å². The summed E-state index contributed by atoms with van der Waals surface area (Å²) in [5.41, 5.74) is 4.55. The van der Waals surface area contributed by atoms with Gasteiger partial charge < -0.3 is 4.74 Å². The van der Waals surface area contributed by atoms with Crippen LogP contribution in [0.5, 0.6) is 6.01 Å². The minimum Gasteiger partial charge on any atom is -0.465 e. The van der Waals surface area contributed by atoms with Crippen molar-refractivity contribution in [1.82, 2.24) is 34.9 Å². The summed E-state index contributed by atoms with van der Waals surface area (Å²) in [6.07, 6.45) is 0. The average molecular weight is 720 g/mol. The van der Waals surface area contributed by atoms with Crippen molar-refractivity contribution in [2.45, 2.75) is 23.3 Å². The molecule has 250 valence electrons. The molecular formula is C31H26ClN9O6S2. The molecule has 2 aromatic heterocycles. The maximum absolute atomic E-state index is 14.3. The molecule has 3 heterocycles. The molecule has 0 fully saturated rings. The van der Waals surface area contributed by atoms with E-state index >= 15 is 0 Å². The number of nitrogens with one attached hydrogen (secondary N) is 2. The van der Waals surface area contributed by atoms with Gasteiger partial charge in [-0.05, 0) is 53.1 Å². The molecule has 18 heteroatoms. The van der Waals surface area contributed by atoms with Crippen LogP contribution in [0.3, 0.4) is 0 Å². The number of hydrogen-bond donors (Lipinski definition) is 3. The Hall–Kier alpha value is -5.20. The van der Waals surface area contributed by atoms with Crippen molar-refractivity contribution in [2.24, 2.45) is 5.14 Å². The summed E-state index contributed by atoms with van der Waals surface area (Å²) < 4.78 is 60.1. The van der Waals surface area contributed by atoms with Crippen LogP contribution in [-0.4, -0.2) is 66.2 Å². The number of H-pyrrole nitrogens is 1. The van der Waals surface area contributed by atoms with Crippen molar-refractivity contribution in [3.63, 3.8) is 0 Å². The minimum absolute atomic E-state index is 0.106. The highest BCUT2D eigenvalue weighted by molar-refractivity contribution is 7.90. The average Bonchev–Trinajstić information content (AvgIpc) is 3.73. The number of carbonyl (C=O) groups excluding carboxylic acids is 1. The van der Waals surface area contributed by atoms with Crippen molar-refractivity contribution >= 4 is 54.3 Å². The standard InChI is InChI=1S/C31H26ClN9O6S2/c1-2-47-31-35-24-9-5-8-22(30(42)41-17-34-49(45,46)27-15-26(48(33,43)44)23(32)14-25(27)41)28(24)40(31)16-18-10-12-19(13-11-18)20-6-3-4-7-21(20)29-36-38-39-37-29/h3-15,34H,2,16-17H2,1H3,(H2,33,43,44)(H,36,37,38,39). The zero-order chi connectivity index (χ0) is 34.5. The minimum atomic E-state index is -4.37. The van der Waals surface area contributed by atoms with E-state index in [2.05, 4.69) is 30.3 Å². The monoisotopic (exact) mass is 719 g/mol.